The quantitative estimate of drug-likeness (QED) is 0.806. The van der Waals surface area contributed by atoms with Gasteiger partial charge in [0.1, 0.15) is 5.82 Å². The lowest BCUT2D eigenvalue weighted by atomic mass is 10.2. The number of halogens is 2. The van der Waals surface area contributed by atoms with Gasteiger partial charge in [0.2, 0.25) is 0 Å². The smallest absolute Gasteiger partial charge is 0.124 e. The number of nitrogens with one attached hydrogen (secondary N) is 1. The Bertz CT molecular complexity index is 336. The third kappa shape index (κ3) is 4.60. The molecule has 15 heavy (non-hydrogen) atoms. The van der Waals surface area contributed by atoms with Crippen molar-refractivity contribution >= 4 is 11.6 Å². The van der Waals surface area contributed by atoms with Crippen LogP contribution >= 0.6 is 11.6 Å². The van der Waals surface area contributed by atoms with Crippen LogP contribution in [0.15, 0.2) is 18.2 Å². The molecule has 0 aliphatic carbocycles. The highest BCUT2D eigenvalue weighted by atomic mass is 35.5. The molecule has 1 aromatic carbocycles. The first-order chi connectivity index (χ1) is 6.88. The maximum absolute atomic E-state index is 12.7. The van der Waals surface area contributed by atoms with E-state index in [1.165, 1.54) is 12.1 Å². The molecule has 1 N–H and O–H groups in total. The fraction of sp³-hybridized carbons (Fsp3) is 0.455. The molecule has 0 aromatic heterocycles. The topological polar surface area (TPSA) is 21.3 Å². The molecule has 0 fully saturated rings. The monoisotopic (exact) mass is 231 g/mol. The zero-order chi connectivity index (χ0) is 11.5. The predicted octanol–water partition coefficient (Wildman–Crippen LogP) is 3.30. The molecule has 84 valence electrons. The van der Waals surface area contributed by atoms with Crippen LogP contribution in [0.3, 0.4) is 0 Å². The van der Waals surface area contributed by atoms with Crippen molar-refractivity contribution < 1.29 is 9.23 Å². The molecule has 0 aliphatic heterocycles. The minimum absolute atomic E-state index is 0.257. The molecule has 0 atom stereocenters. The van der Waals surface area contributed by atoms with Gasteiger partial charge in [0.05, 0.1) is 5.60 Å². The van der Waals surface area contributed by atoms with Gasteiger partial charge in [0.25, 0.3) is 0 Å². The van der Waals surface area contributed by atoms with E-state index in [1.807, 2.05) is 20.8 Å². The van der Waals surface area contributed by atoms with Crippen LogP contribution in [0.2, 0.25) is 5.02 Å². The van der Waals surface area contributed by atoms with Crippen LogP contribution in [0.4, 0.5) is 4.39 Å². The number of hydroxylamine groups is 1. The van der Waals surface area contributed by atoms with E-state index in [1.54, 1.807) is 6.07 Å². The van der Waals surface area contributed by atoms with Crippen molar-refractivity contribution in [3.8, 4) is 0 Å². The first-order valence-electron chi connectivity index (χ1n) is 4.73. The minimum Gasteiger partial charge on any atom is -0.296 e. The molecular formula is C11H15ClFNO. The Hall–Kier alpha value is -0.640. The molecule has 2 nitrogen and oxygen atoms in total. The van der Waals surface area contributed by atoms with Crippen molar-refractivity contribution in [2.45, 2.75) is 32.9 Å². The van der Waals surface area contributed by atoms with Crippen LogP contribution in [0, 0.1) is 5.82 Å². The number of hydrogen-bond acceptors (Lipinski definition) is 2. The first kappa shape index (κ1) is 12.4. The van der Waals surface area contributed by atoms with Crippen LogP contribution in [0.25, 0.3) is 0 Å². The van der Waals surface area contributed by atoms with Crippen LogP contribution < -0.4 is 5.48 Å². The second-order valence-electron chi connectivity index (χ2n) is 4.27. The van der Waals surface area contributed by atoms with Gasteiger partial charge in [-0.25, -0.2) is 4.39 Å². The van der Waals surface area contributed by atoms with Gasteiger partial charge < -0.3 is 0 Å². The second-order valence-corrected chi connectivity index (χ2v) is 4.68. The van der Waals surface area contributed by atoms with E-state index in [4.69, 9.17) is 16.4 Å². The lowest BCUT2D eigenvalue weighted by Crippen LogP contribution is -2.28. The highest BCUT2D eigenvalue weighted by molar-refractivity contribution is 6.31. The van der Waals surface area contributed by atoms with Crippen molar-refractivity contribution in [1.82, 2.24) is 5.48 Å². The Balaban J connectivity index is 2.51. The van der Waals surface area contributed by atoms with E-state index in [-0.39, 0.29) is 11.4 Å². The lowest BCUT2D eigenvalue weighted by Gasteiger charge is -2.19. The summed E-state index contributed by atoms with van der Waals surface area (Å²) in [5, 5.41) is 0.403. The van der Waals surface area contributed by atoms with Gasteiger partial charge in [0.15, 0.2) is 0 Å². The maximum atomic E-state index is 12.7. The molecular weight excluding hydrogens is 217 g/mol. The highest BCUT2D eigenvalue weighted by Gasteiger charge is 2.10. The van der Waals surface area contributed by atoms with Crippen molar-refractivity contribution in [1.29, 1.82) is 0 Å². The molecule has 1 rings (SSSR count). The summed E-state index contributed by atoms with van der Waals surface area (Å²) < 4.78 is 12.7. The summed E-state index contributed by atoms with van der Waals surface area (Å²) >= 11 is 5.84. The Morgan fingerprint density at radius 3 is 2.60 bits per heavy atom. The molecule has 1 aromatic rings. The molecule has 0 unspecified atom stereocenters. The van der Waals surface area contributed by atoms with Crippen molar-refractivity contribution in [2.75, 3.05) is 0 Å². The average molecular weight is 232 g/mol. The van der Waals surface area contributed by atoms with Crippen LogP contribution in [0.5, 0.6) is 0 Å². The first-order valence-corrected chi connectivity index (χ1v) is 5.11. The molecule has 0 aliphatic rings. The van der Waals surface area contributed by atoms with Gasteiger partial charge in [-0.2, -0.15) is 5.48 Å². The Labute approximate surface area is 94.3 Å². The number of rotatable bonds is 3. The summed E-state index contributed by atoms with van der Waals surface area (Å²) in [4.78, 5) is 5.32. The normalized spacial score (nSPS) is 11.8. The fourth-order valence-electron chi connectivity index (χ4n) is 0.995. The van der Waals surface area contributed by atoms with Gasteiger partial charge >= 0.3 is 0 Å². The summed E-state index contributed by atoms with van der Waals surface area (Å²) in [6.07, 6.45) is 0. The fourth-order valence-corrected chi connectivity index (χ4v) is 1.23. The largest absolute Gasteiger partial charge is 0.296 e. The Morgan fingerprint density at radius 2 is 2.07 bits per heavy atom. The third-order valence-electron chi connectivity index (χ3n) is 1.66. The summed E-state index contributed by atoms with van der Waals surface area (Å²) in [5.74, 6) is -0.333. The van der Waals surface area contributed by atoms with E-state index in [0.717, 1.165) is 5.56 Å². The Kier molecular flexibility index (Phi) is 4.08. The van der Waals surface area contributed by atoms with Gasteiger partial charge in [-0.3, -0.25) is 4.84 Å². The second kappa shape index (κ2) is 4.92. The molecule has 0 saturated heterocycles. The molecule has 0 heterocycles. The van der Waals surface area contributed by atoms with Crippen molar-refractivity contribution in [3.05, 3.63) is 34.6 Å². The van der Waals surface area contributed by atoms with Crippen molar-refractivity contribution in [2.24, 2.45) is 0 Å². The summed E-state index contributed by atoms with van der Waals surface area (Å²) in [5.41, 5.74) is 3.35. The van der Waals surface area contributed by atoms with Crippen LogP contribution in [-0.2, 0) is 11.4 Å². The molecule has 0 bridgehead atoms. The molecule has 4 heteroatoms. The van der Waals surface area contributed by atoms with Crippen molar-refractivity contribution in [3.63, 3.8) is 0 Å². The highest BCUT2D eigenvalue weighted by Crippen LogP contribution is 2.17. The zero-order valence-corrected chi connectivity index (χ0v) is 9.86. The number of hydrogen-bond donors (Lipinski definition) is 1. The average Bonchev–Trinajstić information content (AvgIpc) is 2.07. The molecule has 0 amide bonds. The van der Waals surface area contributed by atoms with Crippen LogP contribution in [0.1, 0.15) is 26.3 Å². The Morgan fingerprint density at radius 1 is 1.40 bits per heavy atom. The van der Waals surface area contributed by atoms with Gasteiger partial charge in [-0.15, -0.1) is 0 Å². The van der Waals surface area contributed by atoms with E-state index >= 15 is 0 Å². The minimum atomic E-state index is -0.333. The summed E-state index contributed by atoms with van der Waals surface area (Å²) in [6, 6.07) is 4.30. The van der Waals surface area contributed by atoms with E-state index in [0.29, 0.717) is 11.6 Å². The van der Waals surface area contributed by atoms with Gasteiger partial charge in [0, 0.05) is 11.6 Å². The predicted molar refractivity (Wildman–Crippen MR) is 59.1 cm³/mol. The van der Waals surface area contributed by atoms with E-state index in [9.17, 15) is 4.39 Å². The van der Waals surface area contributed by atoms with Gasteiger partial charge in [-0.1, -0.05) is 17.7 Å². The van der Waals surface area contributed by atoms with E-state index in [2.05, 4.69) is 5.48 Å². The van der Waals surface area contributed by atoms with E-state index < -0.39 is 0 Å². The molecule has 0 saturated carbocycles. The molecule has 0 radical (unpaired) electrons. The lowest BCUT2D eigenvalue weighted by molar-refractivity contribution is -0.0757. The summed E-state index contributed by atoms with van der Waals surface area (Å²) in [7, 11) is 0. The standard InChI is InChI=1S/C11H15ClFNO/c1-11(2,3)15-14-7-8-4-5-9(13)6-10(8)12/h4-6,14H,7H2,1-3H3. The zero-order valence-electron chi connectivity index (χ0n) is 9.10. The third-order valence-corrected chi connectivity index (χ3v) is 2.01. The van der Waals surface area contributed by atoms with Gasteiger partial charge in [-0.05, 0) is 38.5 Å². The summed E-state index contributed by atoms with van der Waals surface area (Å²) in [6.45, 7) is 6.27. The SMILES string of the molecule is CC(C)(C)ONCc1ccc(F)cc1Cl. The van der Waals surface area contributed by atoms with Crippen LogP contribution in [-0.4, -0.2) is 5.60 Å². The maximum Gasteiger partial charge on any atom is 0.124 e. The molecule has 0 spiro atoms. The number of benzene rings is 1.